The molecule has 0 fully saturated rings. The first-order chi connectivity index (χ1) is 17.0. The van der Waals surface area contributed by atoms with E-state index in [1.165, 1.54) is 0 Å². The van der Waals surface area contributed by atoms with E-state index in [0.717, 1.165) is 39.1 Å². The molecule has 7 heteroatoms. The first-order valence-corrected chi connectivity index (χ1v) is 12.0. The summed E-state index contributed by atoms with van der Waals surface area (Å²) >= 11 is 5.86. The highest BCUT2D eigenvalue weighted by Gasteiger charge is 2.19. The number of benzene rings is 3. The van der Waals surface area contributed by atoms with Gasteiger partial charge in [0, 0.05) is 12.1 Å². The maximum Gasteiger partial charge on any atom is 0.253 e. The van der Waals surface area contributed by atoms with Crippen LogP contribution in [0.15, 0.2) is 77.6 Å². The number of H-pyrrole nitrogens is 1. The Morgan fingerprint density at radius 1 is 1.03 bits per heavy atom. The standard InChI is InChI=1S/C28H27N3O3S/c1-18-7-6-10-22-14-23(27(32)30-26(18)22)16-31(15-20-11-12-24-25(13-20)34-17-33-24)28(35)29-19(2)21-8-4-3-5-9-21/h3-14,19H,15-17H2,1-2H3,(H,29,35)(H,30,32). The Morgan fingerprint density at radius 3 is 2.66 bits per heavy atom. The van der Waals surface area contributed by atoms with Crippen molar-refractivity contribution in [3.63, 3.8) is 0 Å². The summed E-state index contributed by atoms with van der Waals surface area (Å²) in [5, 5.41) is 5.02. The molecule has 0 saturated carbocycles. The Labute approximate surface area is 209 Å². The van der Waals surface area contributed by atoms with Crippen LogP contribution in [0.25, 0.3) is 10.9 Å². The number of aromatic amines is 1. The molecule has 0 bridgehead atoms. The van der Waals surface area contributed by atoms with Gasteiger partial charge < -0.3 is 24.7 Å². The molecule has 1 aromatic heterocycles. The SMILES string of the molecule is Cc1cccc2cc(CN(Cc3ccc4c(c3)OCO4)C(=S)NC(C)c3ccccc3)c(=O)[nH]c12. The number of thiocarbonyl (C=S) groups is 1. The average Bonchev–Trinajstić information content (AvgIpc) is 3.33. The topological polar surface area (TPSA) is 66.6 Å². The quantitative estimate of drug-likeness (QED) is 0.366. The van der Waals surface area contributed by atoms with E-state index in [2.05, 4.69) is 29.4 Å². The summed E-state index contributed by atoms with van der Waals surface area (Å²) in [6.07, 6.45) is 0. The van der Waals surface area contributed by atoms with Gasteiger partial charge in [0.25, 0.3) is 5.56 Å². The second-order valence-corrected chi connectivity index (χ2v) is 9.18. The summed E-state index contributed by atoms with van der Waals surface area (Å²) in [6.45, 7) is 5.17. The van der Waals surface area contributed by atoms with Gasteiger partial charge in [0.2, 0.25) is 6.79 Å². The zero-order valence-electron chi connectivity index (χ0n) is 19.7. The van der Waals surface area contributed by atoms with E-state index in [4.69, 9.17) is 21.7 Å². The minimum absolute atomic E-state index is 0.0143. The summed E-state index contributed by atoms with van der Waals surface area (Å²) in [6, 6.07) is 24.0. The third-order valence-electron chi connectivity index (χ3n) is 6.26. The number of pyridine rings is 1. The number of para-hydroxylation sites is 1. The maximum absolute atomic E-state index is 13.0. The molecule has 1 aliphatic rings. The molecule has 178 valence electrons. The van der Waals surface area contributed by atoms with Crippen molar-refractivity contribution in [3.8, 4) is 11.5 Å². The molecule has 1 atom stereocenters. The summed E-state index contributed by atoms with van der Waals surface area (Å²) in [5.74, 6) is 1.46. The van der Waals surface area contributed by atoms with Gasteiger partial charge in [-0.15, -0.1) is 0 Å². The molecule has 2 N–H and O–H groups in total. The fourth-order valence-corrected chi connectivity index (χ4v) is 4.62. The van der Waals surface area contributed by atoms with Crippen LogP contribution in [0.2, 0.25) is 0 Å². The zero-order chi connectivity index (χ0) is 24.4. The predicted molar refractivity (Wildman–Crippen MR) is 142 cm³/mol. The van der Waals surface area contributed by atoms with Gasteiger partial charge in [-0.25, -0.2) is 0 Å². The number of hydrogen-bond donors (Lipinski definition) is 2. The minimum Gasteiger partial charge on any atom is -0.454 e. The number of hydrogen-bond acceptors (Lipinski definition) is 4. The van der Waals surface area contributed by atoms with Gasteiger partial charge >= 0.3 is 0 Å². The molecule has 35 heavy (non-hydrogen) atoms. The fourth-order valence-electron chi connectivity index (χ4n) is 4.31. The first-order valence-electron chi connectivity index (χ1n) is 11.6. The van der Waals surface area contributed by atoms with Crippen molar-refractivity contribution < 1.29 is 9.47 Å². The van der Waals surface area contributed by atoms with Crippen LogP contribution in [-0.4, -0.2) is 21.8 Å². The van der Waals surface area contributed by atoms with E-state index < -0.39 is 0 Å². The molecule has 4 aromatic rings. The van der Waals surface area contributed by atoms with Crippen LogP contribution in [0.3, 0.4) is 0 Å². The average molecular weight is 486 g/mol. The second-order valence-electron chi connectivity index (χ2n) is 8.79. The van der Waals surface area contributed by atoms with Crippen molar-refractivity contribution >= 4 is 28.2 Å². The largest absolute Gasteiger partial charge is 0.454 e. The molecule has 5 rings (SSSR count). The highest BCUT2D eigenvalue weighted by molar-refractivity contribution is 7.80. The fraction of sp³-hybridized carbons (Fsp3) is 0.214. The van der Waals surface area contributed by atoms with Gasteiger partial charge in [0.15, 0.2) is 16.6 Å². The van der Waals surface area contributed by atoms with Crippen molar-refractivity contribution in [2.45, 2.75) is 33.0 Å². The van der Waals surface area contributed by atoms with Crippen LogP contribution in [0.4, 0.5) is 0 Å². The zero-order valence-corrected chi connectivity index (χ0v) is 20.5. The Morgan fingerprint density at radius 2 is 1.83 bits per heavy atom. The molecule has 1 aliphatic heterocycles. The Bertz CT molecular complexity index is 1430. The molecule has 3 aromatic carbocycles. The monoisotopic (exact) mass is 485 g/mol. The molecule has 0 aliphatic carbocycles. The van der Waals surface area contributed by atoms with E-state index in [-0.39, 0.29) is 18.4 Å². The van der Waals surface area contributed by atoms with Gasteiger partial charge in [-0.2, -0.15) is 0 Å². The van der Waals surface area contributed by atoms with Crippen LogP contribution in [0.1, 0.15) is 35.2 Å². The molecular weight excluding hydrogens is 458 g/mol. The Kier molecular flexibility index (Phi) is 6.42. The molecule has 1 unspecified atom stereocenters. The summed E-state index contributed by atoms with van der Waals surface area (Å²) in [5.41, 5.74) is 4.59. The lowest BCUT2D eigenvalue weighted by Gasteiger charge is -2.28. The van der Waals surface area contributed by atoms with Crippen molar-refractivity contribution in [2.75, 3.05) is 6.79 Å². The number of rotatable bonds is 6. The number of aryl methyl sites for hydroxylation is 1. The summed E-state index contributed by atoms with van der Waals surface area (Å²) < 4.78 is 11.0. The van der Waals surface area contributed by atoms with Crippen LogP contribution in [0, 0.1) is 6.92 Å². The van der Waals surface area contributed by atoms with E-state index in [9.17, 15) is 4.79 Å². The molecule has 2 heterocycles. The molecule has 0 amide bonds. The molecule has 0 spiro atoms. The van der Waals surface area contributed by atoms with Gasteiger partial charge in [0.05, 0.1) is 18.1 Å². The summed E-state index contributed by atoms with van der Waals surface area (Å²) in [7, 11) is 0. The highest BCUT2D eigenvalue weighted by atomic mass is 32.1. The first kappa shape index (κ1) is 22.9. The van der Waals surface area contributed by atoms with Crippen LogP contribution in [-0.2, 0) is 13.1 Å². The van der Waals surface area contributed by atoms with Crippen molar-refractivity contribution in [1.82, 2.24) is 15.2 Å². The number of aromatic nitrogens is 1. The smallest absolute Gasteiger partial charge is 0.253 e. The molecule has 6 nitrogen and oxygen atoms in total. The normalized spacial score (nSPS) is 13.0. The van der Waals surface area contributed by atoms with E-state index in [1.54, 1.807) is 0 Å². The van der Waals surface area contributed by atoms with E-state index in [0.29, 0.717) is 23.8 Å². The molecular formula is C28H27N3O3S. The number of fused-ring (bicyclic) bond motifs is 2. The van der Waals surface area contributed by atoms with Gasteiger partial charge in [-0.3, -0.25) is 4.79 Å². The molecule has 0 saturated heterocycles. The highest BCUT2D eigenvalue weighted by Crippen LogP contribution is 2.33. The van der Waals surface area contributed by atoms with E-state index in [1.807, 2.05) is 72.5 Å². The molecule has 0 radical (unpaired) electrons. The van der Waals surface area contributed by atoms with Crippen molar-refractivity contribution in [1.29, 1.82) is 0 Å². The lowest BCUT2D eigenvalue weighted by Crippen LogP contribution is -2.41. The van der Waals surface area contributed by atoms with Gasteiger partial charge in [-0.05, 0) is 66.3 Å². The van der Waals surface area contributed by atoms with Crippen LogP contribution in [0.5, 0.6) is 11.5 Å². The maximum atomic E-state index is 13.0. The Hall–Kier alpha value is -3.84. The summed E-state index contributed by atoms with van der Waals surface area (Å²) in [4.78, 5) is 18.1. The van der Waals surface area contributed by atoms with Gasteiger partial charge in [0.1, 0.15) is 0 Å². The third kappa shape index (κ3) is 5.00. The van der Waals surface area contributed by atoms with Crippen molar-refractivity contribution in [2.24, 2.45) is 0 Å². The van der Waals surface area contributed by atoms with Crippen LogP contribution >= 0.6 is 12.2 Å². The number of nitrogens with one attached hydrogen (secondary N) is 2. The predicted octanol–water partition coefficient (Wildman–Crippen LogP) is 5.20. The lowest BCUT2D eigenvalue weighted by atomic mass is 10.1. The Balaban J connectivity index is 1.44. The van der Waals surface area contributed by atoms with Crippen LogP contribution < -0.4 is 20.3 Å². The van der Waals surface area contributed by atoms with Gasteiger partial charge in [-0.1, -0.05) is 54.6 Å². The van der Waals surface area contributed by atoms with Crippen molar-refractivity contribution in [3.05, 3.63) is 105 Å². The second kappa shape index (κ2) is 9.80. The third-order valence-corrected chi connectivity index (χ3v) is 6.64. The lowest BCUT2D eigenvalue weighted by molar-refractivity contribution is 0.174. The minimum atomic E-state index is -0.110. The number of ether oxygens (including phenoxy) is 2. The number of nitrogens with zero attached hydrogens (tertiary/aromatic N) is 1. The van der Waals surface area contributed by atoms with E-state index >= 15 is 0 Å².